The van der Waals surface area contributed by atoms with Crippen molar-refractivity contribution in [3.8, 4) is 17.2 Å². The summed E-state index contributed by atoms with van der Waals surface area (Å²) >= 11 is 0. The number of carbonyl (C=O) groups is 2. The lowest BCUT2D eigenvalue weighted by Gasteiger charge is -2.10. The molecule has 3 rings (SSSR count). The molecule has 0 saturated heterocycles. The van der Waals surface area contributed by atoms with Gasteiger partial charge >= 0.3 is 5.97 Å². The minimum Gasteiger partial charge on any atom is -0.494 e. The second kappa shape index (κ2) is 11.3. The minimum atomic E-state index is -0.517. The first kappa shape index (κ1) is 22.5. The number of aromatic nitrogens is 1. The van der Waals surface area contributed by atoms with E-state index in [-0.39, 0.29) is 11.7 Å². The molecule has 0 saturated carbocycles. The topological polar surface area (TPSA) is 99.1 Å². The molecule has 0 bridgehead atoms. The third kappa shape index (κ3) is 6.15. The molecule has 2 aromatic carbocycles. The van der Waals surface area contributed by atoms with Gasteiger partial charge in [-0.25, -0.2) is 10.2 Å². The smallest absolute Gasteiger partial charge is 0.343 e. The van der Waals surface area contributed by atoms with Crippen LogP contribution in [-0.4, -0.2) is 36.8 Å². The lowest BCUT2D eigenvalue weighted by molar-refractivity contribution is 0.0729. The van der Waals surface area contributed by atoms with E-state index in [1.54, 1.807) is 54.6 Å². The number of ether oxygens (including phenoxy) is 3. The van der Waals surface area contributed by atoms with E-state index in [0.717, 1.165) is 6.42 Å². The highest BCUT2D eigenvalue weighted by Crippen LogP contribution is 2.28. The molecular weight excluding hydrogens is 410 g/mol. The highest BCUT2D eigenvalue weighted by Gasteiger charge is 2.13. The predicted octanol–water partition coefficient (Wildman–Crippen LogP) is 3.86. The molecule has 8 heteroatoms. The fourth-order valence-electron chi connectivity index (χ4n) is 2.65. The van der Waals surface area contributed by atoms with Crippen molar-refractivity contribution in [2.45, 2.75) is 13.3 Å². The van der Waals surface area contributed by atoms with Gasteiger partial charge in [-0.05, 0) is 66.6 Å². The van der Waals surface area contributed by atoms with Crippen LogP contribution < -0.4 is 19.6 Å². The molecule has 0 aliphatic heterocycles. The number of pyridine rings is 1. The van der Waals surface area contributed by atoms with Crippen LogP contribution in [0.3, 0.4) is 0 Å². The van der Waals surface area contributed by atoms with Crippen LogP contribution in [0.5, 0.6) is 17.2 Å². The van der Waals surface area contributed by atoms with Gasteiger partial charge in [-0.3, -0.25) is 9.78 Å². The third-order valence-corrected chi connectivity index (χ3v) is 4.28. The van der Waals surface area contributed by atoms with Crippen LogP contribution in [0.25, 0.3) is 0 Å². The summed E-state index contributed by atoms with van der Waals surface area (Å²) < 4.78 is 16.3. The summed E-state index contributed by atoms with van der Waals surface area (Å²) in [6.07, 6.45) is 5.42. The van der Waals surface area contributed by atoms with E-state index < -0.39 is 5.97 Å². The molecule has 8 nitrogen and oxygen atoms in total. The average Bonchev–Trinajstić information content (AvgIpc) is 2.84. The zero-order valence-electron chi connectivity index (χ0n) is 17.8. The molecule has 1 N–H and O–H groups in total. The molecule has 0 fully saturated rings. The summed E-state index contributed by atoms with van der Waals surface area (Å²) in [4.78, 5) is 28.3. The van der Waals surface area contributed by atoms with Crippen molar-refractivity contribution in [2.24, 2.45) is 5.10 Å². The SMILES string of the molecule is CCCOc1ccc(C(=O)Oc2ccc(C=NNC(=O)c3ccncc3)cc2OC)cc1. The Kier molecular flexibility index (Phi) is 7.91. The Hall–Kier alpha value is -4.20. The van der Waals surface area contributed by atoms with Crippen molar-refractivity contribution in [3.63, 3.8) is 0 Å². The Bertz CT molecular complexity index is 1080. The second-order valence-corrected chi connectivity index (χ2v) is 6.61. The Balaban J connectivity index is 1.63. The number of hydrogen-bond donors (Lipinski definition) is 1. The number of rotatable bonds is 9. The van der Waals surface area contributed by atoms with Gasteiger partial charge < -0.3 is 14.2 Å². The Labute approximate surface area is 185 Å². The summed E-state index contributed by atoms with van der Waals surface area (Å²) in [7, 11) is 1.47. The average molecular weight is 433 g/mol. The van der Waals surface area contributed by atoms with Crippen LogP contribution in [0.4, 0.5) is 0 Å². The lowest BCUT2D eigenvalue weighted by Crippen LogP contribution is -2.17. The number of methoxy groups -OCH3 is 1. The van der Waals surface area contributed by atoms with Crippen molar-refractivity contribution in [1.82, 2.24) is 10.4 Å². The van der Waals surface area contributed by atoms with E-state index in [0.29, 0.717) is 34.8 Å². The number of esters is 1. The van der Waals surface area contributed by atoms with Gasteiger partial charge in [-0.15, -0.1) is 0 Å². The van der Waals surface area contributed by atoms with E-state index >= 15 is 0 Å². The van der Waals surface area contributed by atoms with Crippen LogP contribution >= 0.6 is 0 Å². The number of benzene rings is 2. The molecule has 32 heavy (non-hydrogen) atoms. The first-order valence-electron chi connectivity index (χ1n) is 9.97. The molecule has 164 valence electrons. The van der Waals surface area contributed by atoms with E-state index in [9.17, 15) is 9.59 Å². The number of hydrogen-bond acceptors (Lipinski definition) is 7. The molecule has 1 heterocycles. The second-order valence-electron chi connectivity index (χ2n) is 6.61. The van der Waals surface area contributed by atoms with E-state index in [1.807, 2.05) is 6.92 Å². The fraction of sp³-hybridized carbons (Fsp3) is 0.167. The molecule has 1 aromatic heterocycles. The van der Waals surface area contributed by atoms with Gasteiger partial charge in [0.25, 0.3) is 5.91 Å². The Morgan fingerprint density at radius 2 is 1.75 bits per heavy atom. The standard InChI is InChI=1S/C24H23N3O5/c1-3-14-31-20-7-5-19(6-8-20)24(29)32-21-9-4-17(15-22(21)30-2)16-26-27-23(28)18-10-12-25-13-11-18/h4-13,15-16H,3,14H2,1-2H3,(H,27,28). The summed E-state index contributed by atoms with van der Waals surface area (Å²) in [6.45, 7) is 2.64. The van der Waals surface area contributed by atoms with Crippen LogP contribution in [0.15, 0.2) is 72.1 Å². The summed E-state index contributed by atoms with van der Waals surface area (Å²) in [5.74, 6) is 0.441. The van der Waals surface area contributed by atoms with Gasteiger partial charge in [0.1, 0.15) is 5.75 Å². The van der Waals surface area contributed by atoms with Crippen LogP contribution in [0.1, 0.15) is 39.6 Å². The van der Waals surface area contributed by atoms with Crippen molar-refractivity contribution in [3.05, 3.63) is 83.7 Å². The monoisotopic (exact) mass is 433 g/mol. The maximum atomic E-state index is 12.5. The first-order chi connectivity index (χ1) is 15.6. The van der Waals surface area contributed by atoms with Crippen LogP contribution in [0.2, 0.25) is 0 Å². The van der Waals surface area contributed by atoms with Gasteiger partial charge in [-0.1, -0.05) is 6.92 Å². The molecule has 0 aliphatic carbocycles. The summed E-state index contributed by atoms with van der Waals surface area (Å²) in [5, 5.41) is 3.94. The van der Waals surface area contributed by atoms with E-state index in [2.05, 4.69) is 15.5 Å². The number of hydrazone groups is 1. The Morgan fingerprint density at radius 3 is 2.44 bits per heavy atom. The van der Waals surface area contributed by atoms with Crippen molar-refractivity contribution < 1.29 is 23.8 Å². The quantitative estimate of drug-likeness (QED) is 0.238. The molecule has 1 amide bonds. The first-order valence-corrected chi connectivity index (χ1v) is 9.97. The van der Waals surface area contributed by atoms with Gasteiger partial charge in [0.05, 0.1) is 25.5 Å². The molecule has 0 spiro atoms. The highest BCUT2D eigenvalue weighted by atomic mass is 16.6. The zero-order valence-corrected chi connectivity index (χ0v) is 17.8. The number of carbonyl (C=O) groups excluding carboxylic acids is 2. The molecular formula is C24H23N3O5. The largest absolute Gasteiger partial charge is 0.494 e. The number of amides is 1. The molecule has 0 unspecified atom stereocenters. The summed E-state index contributed by atoms with van der Waals surface area (Å²) in [5.41, 5.74) is 3.92. The fourth-order valence-corrected chi connectivity index (χ4v) is 2.65. The summed E-state index contributed by atoms with van der Waals surface area (Å²) in [6, 6.07) is 14.8. The van der Waals surface area contributed by atoms with Crippen molar-refractivity contribution in [2.75, 3.05) is 13.7 Å². The minimum absolute atomic E-state index is 0.266. The number of nitrogens with one attached hydrogen (secondary N) is 1. The normalized spacial score (nSPS) is 10.6. The highest BCUT2D eigenvalue weighted by molar-refractivity contribution is 5.95. The zero-order chi connectivity index (χ0) is 22.8. The molecule has 3 aromatic rings. The molecule has 0 aliphatic rings. The van der Waals surface area contributed by atoms with Gasteiger partial charge in [0.15, 0.2) is 11.5 Å². The van der Waals surface area contributed by atoms with E-state index in [4.69, 9.17) is 14.2 Å². The predicted molar refractivity (Wildman–Crippen MR) is 119 cm³/mol. The maximum absolute atomic E-state index is 12.5. The van der Waals surface area contributed by atoms with Gasteiger partial charge in [0, 0.05) is 18.0 Å². The maximum Gasteiger partial charge on any atom is 0.343 e. The Morgan fingerprint density at radius 1 is 1.00 bits per heavy atom. The van der Waals surface area contributed by atoms with Crippen LogP contribution in [-0.2, 0) is 0 Å². The van der Waals surface area contributed by atoms with Gasteiger partial charge in [0.2, 0.25) is 0 Å². The van der Waals surface area contributed by atoms with Crippen molar-refractivity contribution >= 4 is 18.1 Å². The molecule has 0 atom stereocenters. The van der Waals surface area contributed by atoms with Crippen molar-refractivity contribution in [1.29, 1.82) is 0 Å². The molecule has 0 radical (unpaired) electrons. The lowest BCUT2D eigenvalue weighted by atomic mass is 10.2. The number of nitrogens with zero attached hydrogens (tertiary/aromatic N) is 2. The van der Waals surface area contributed by atoms with E-state index in [1.165, 1.54) is 25.7 Å². The van der Waals surface area contributed by atoms with Gasteiger partial charge in [-0.2, -0.15) is 5.10 Å². The third-order valence-electron chi connectivity index (χ3n) is 4.28. The van der Waals surface area contributed by atoms with Crippen LogP contribution in [0, 0.1) is 0 Å².